The standard InChI is InChI=1S/C13H10BrClN2O3/c14-10-6-9(17(19)20)4-5-12(10)16-7-8-2-1-3-11(15)13(8)18/h1-6,16,18H,7H2. The molecule has 7 heteroatoms. The summed E-state index contributed by atoms with van der Waals surface area (Å²) in [5.41, 5.74) is 1.34. The van der Waals surface area contributed by atoms with Crippen LogP contribution < -0.4 is 5.32 Å². The first-order valence-electron chi connectivity index (χ1n) is 5.63. The zero-order chi connectivity index (χ0) is 14.7. The van der Waals surface area contributed by atoms with E-state index < -0.39 is 4.92 Å². The van der Waals surface area contributed by atoms with Crippen LogP contribution in [0.5, 0.6) is 5.75 Å². The summed E-state index contributed by atoms with van der Waals surface area (Å²) >= 11 is 9.09. The molecule has 2 rings (SSSR count). The van der Waals surface area contributed by atoms with Gasteiger partial charge in [0.2, 0.25) is 0 Å². The van der Waals surface area contributed by atoms with Crippen LogP contribution in [0.3, 0.4) is 0 Å². The van der Waals surface area contributed by atoms with Crippen molar-refractivity contribution in [3.63, 3.8) is 0 Å². The van der Waals surface area contributed by atoms with Gasteiger partial charge in [0.15, 0.2) is 0 Å². The second-order valence-electron chi connectivity index (χ2n) is 4.02. The number of benzene rings is 2. The number of anilines is 1. The minimum Gasteiger partial charge on any atom is -0.506 e. The molecule has 0 aliphatic rings. The molecule has 0 amide bonds. The molecule has 5 nitrogen and oxygen atoms in total. The molecule has 0 saturated carbocycles. The van der Waals surface area contributed by atoms with Crippen molar-refractivity contribution in [2.75, 3.05) is 5.32 Å². The van der Waals surface area contributed by atoms with Gasteiger partial charge in [-0.25, -0.2) is 0 Å². The average molecular weight is 358 g/mol. The number of nitrogens with one attached hydrogen (secondary N) is 1. The van der Waals surface area contributed by atoms with Crippen molar-refractivity contribution >= 4 is 38.9 Å². The van der Waals surface area contributed by atoms with Gasteiger partial charge in [-0.15, -0.1) is 0 Å². The molecule has 104 valence electrons. The van der Waals surface area contributed by atoms with E-state index in [2.05, 4.69) is 21.2 Å². The number of nitro benzene ring substituents is 1. The maximum atomic E-state index is 10.6. The average Bonchev–Trinajstić information content (AvgIpc) is 2.41. The number of halogens is 2. The molecule has 0 spiro atoms. The highest BCUT2D eigenvalue weighted by atomic mass is 79.9. The molecule has 0 saturated heterocycles. The molecule has 0 fully saturated rings. The van der Waals surface area contributed by atoms with Crippen molar-refractivity contribution < 1.29 is 10.0 Å². The molecule has 0 unspecified atom stereocenters. The number of nitrogens with zero attached hydrogens (tertiary/aromatic N) is 1. The fourth-order valence-corrected chi connectivity index (χ4v) is 2.36. The van der Waals surface area contributed by atoms with Gasteiger partial charge in [0.25, 0.3) is 5.69 Å². The van der Waals surface area contributed by atoms with Crippen molar-refractivity contribution in [2.24, 2.45) is 0 Å². The smallest absolute Gasteiger partial charge is 0.270 e. The fraction of sp³-hybridized carbons (Fsp3) is 0.0769. The second kappa shape index (κ2) is 6.11. The number of hydrogen-bond donors (Lipinski definition) is 2. The van der Waals surface area contributed by atoms with Crippen molar-refractivity contribution in [3.05, 3.63) is 61.6 Å². The number of phenols is 1. The topological polar surface area (TPSA) is 75.4 Å². The third-order valence-corrected chi connectivity index (χ3v) is 3.66. The van der Waals surface area contributed by atoms with Gasteiger partial charge in [-0.05, 0) is 28.1 Å². The first kappa shape index (κ1) is 14.6. The van der Waals surface area contributed by atoms with Gasteiger partial charge in [0, 0.05) is 34.4 Å². The lowest BCUT2D eigenvalue weighted by Gasteiger charge is -2.10. The quantitative estimate of drug-likeness (QED) is 0.631. The monoisotopic (exact) mass is 356 g/mol. The number of rotatable bonds is 4. The Morgan fingerprint density at radius 3 is 2.75 bits per heavy atom. The highest BCUT2D eigenvalue weighted by Crippen LogP contribution is 2.30. The maximum absolute atomic E-state index is 10.6. The Kier molecular flexibility index (Phi) is 4.46. The molecule has 2 aromatic carbocycles. The van der Waals surface area contributed by atoms with Crippen LogP contribution in [0.25, 0.3) is 0 Å². The number of phenolic OH excluding ortho intramolecular Hbond substituents is 1. The van der Waals surface area contributed by atoms with Gasteiger partial charge in [-0.2, -0.15) is 0 Å². The Hall–Kier alpha value is -1.79. The van der Waals surface area contributed by atoms with Crippen molar-refractivity contribution in [1.82, 2.24) is 0 Å². The van der Waals surface area contributed by atoms with Gasteiger partial charge >= 0.3 is 0 Å². The lowest BCUT2D eigenvalue weighted by Crippen LogP contribution is -2.01. The van der Waals surface area contributed by atoms with Crippen molar-refractivity contribution in [1.29, 1.82) is 0 Å². The van der Waals surface area contributed by atoms with E-state index in [-0.39, 0.29) is 16.5 Å². The number of nitro groups is 1. The highest BCUT2D eigenvalue weighted by molar-refractivity contribution is 9.10. The van der Waals surface area contributed by atoms with E-state index in [0.29, 0.717) is 22.3 Å². The predicted octanol–water partition coefficient (Wildman–Crippen LogP) is 4.33. The van der Waals surface area contributed by atoms with Crippen LogP contribution in [0, 0.1) is 10.1 Å². The minimum absolute atomic E-state index is 0.00743. The Labute approximate surface area is 128 Å². The van der Waals surface area contributed by atoms with Crippen LogP contribution in [0.4, 0.5) is 11.4 Å². The summed E-state index contributed by atoms with van der Waals surface area (Å²) < 4.78 is 0.577. The Balaban J connectivity index is 2.15. The summed E-state index contributed by atoms with van der Waals surface area (Å²) in [6, 6.07) is 9.51. The van der Waals surface area contributed by atoms with E-state index in [4.69, 9.17) is 11.6 Å². The zero-order valence-corrected chi connectivity index (χ0v) is 12.5. The molecular weight excluding hydrogens is 348 g/mol. The fourth-order valence-electron chi connectivity index (χ4n) is 1.65. The van der Waals surface area contributed by atoms with Crippen LogP contribution in [-0.2, 0) is 6.54 Å². The van der Waals surface area contributed by atoms with Gasteiger partial charge in [-0.3, -0.25) is 10.1 Å². The van der Waals surface area contributed by atoms with Gasteiger partial charge in [0.1, 0.15) is 5.75 Å². The summed E-state index contributed by atoms with van der Waals surface area (Å²) in [6.07, 6.45) is 0. The zero-order valence-electron chi connectivity index (χ0n) is 10.1. The number of para-hydroxylation sites is 1. The number of aromatic hydroxyl groups is 1. The highest BCUT2D eigenvalue weighted by Gasteiger charge is 2.10. The van der Waals surface area contributed by atoms with Crippen LogP contribution in [0.1, 0.15) is 5.56 Å². The molecule has 0 atom stereocenters. The Morgan fingerprint density at radius 1 is 1.35 bits per heavy atom. The molecule has 0 bridgehead atoms. The molecule has 0 aliphatic heterocycles. The number of hydrogen-bond acceptors (Lipinski definition) is 4. The van der Waals surface area contributed by atoms with E-state index in [9.17, 15) is 15.2 Å². The lowest BCUT2D eigenvalue weighted by molar-refractivity contribution is -0.384. The summed E-state index contributed by atoms with van der Waals surface area (Å²) in [7, 11) is 0. The molecule has 2 N–H and O–H groups in total. The maximum Gasteiger partial charge on any atom is 0.270 e. The van der Waals surface area contributed by atoms with Crippen LogP contribution in [0.15, 0.2) is 40.9 Å². The Bertz CT molecular complexity index is 664. The third kappa shape index (κ3) is 3.20. The van der Waals surface area contributed by atoms with Crippen molar-refractivity contribution in [3.8, 4) is 5.75 Å². The molecule has 2 aromatic rings. The van der Waals surface area contributed by atoms with E-state index >= 15 is 0 Å². The normalized spacial score (nSPS) is 10.3. The van der Waals surface area contributed by atoms with Gasteiger partial charge < -0.3 is 10.4 Å². The molecule has 0 heterocycles. The summed E-state index contributed by atoms with van der Waals surface area (Å²) in [4.78, 5) is 10.2. The summed E-state index contributed by atoms with van der Waals surface area (Å²) in [5.74, 6) is 0.0275. The SMILES string of the molecule is O=[N+]([O-])c1ccc(NCc2cccc(Cl)c2O)c(Br)c1. The summed E-state index contributed by atoms with van der Waals surface area (Å²) in [5, 5.41) is 23.8. The molecular formula is C13H10BrClN2O3. The lowest BCUT2D eigenvalue weighted by atomic mass is 10.2. The van der Waals surface area contributed by atoms with E-state index in [1.165, 1.54) is 12.1 Å². The molecule has 0 radical (unpaired) electrons. The first-order chi connectivity index (χ1) is 9.49. The van der Waals surface area contributed by atoms with E-state index in [1.54, 1.807) is 24.3 Å². The molecule has 20 heavy (non-hydrogen) atoms. The number of non-ortho nitro benzene ring substituents is 1. The molecule has 0 aromatic heterocycles. The molecule has 0 aliphatic carbocycles. The van der Waals surface area contributed by atoms with Crippen LogP contribution >= 0.6 is 27.5 Å². The second-order valence-corrected chi connectivity index (χ2v) is 5.28. The largest absolute Gasteiger partial charge is 0.506 e. The van der Waals surface area contributed by atoms with Gasteiger partial charge in [0.05, 0.1) is 9.95 Å². The predicted molar refractivity (Wildman–Crippen MR) is 81.2 cm³/mol. The van der Waals surface area contributed by atoms with Crippen LogP contribution in [-0.4, -0.2) is 10.0 Å². The Morgan fingerprint density at radius 2 is 2.10 bits per heavy atom. The first-order valence-corrected chi connectivity index (χ1v) is 6.80. The summed E-state index contributed by atoms with van der Waals surface area (Å²) in [6.45, 7) is 0.350. The van der Waals surface area contributed by atoms with E-state index in [0.717, 1.165) is 0 Å². The van der Waals surface area contributed by atoms with Crippen LogP contribution in [0.2, 0.25) is 5.02 Å². The minimum atomic E-state index is -0.461. The van der Waals surface area contributed by atoms with E-state index in [1.807, 2.05) is 0 Å². The third-order valence-electron chi connectivity index (χ3n) is 2.70. The van der Waals surface area contributed by atoms with Gasteiger partial charge in [-0.1, -0.05) is 23.7 Å². The van der Waals surface area contributed by atoms with Crippen molar-refractivity contribution in [2.45, 2.75) is 6.54 Å².